The molecule has 1 aromatic carbocycles. The van der Waals surface area contributed by atoms with Gasteiger partial charge < -0.3 is 14.5 Å². The molecule has 0 aromatic heterocycles. The number of piperidine rings is 1. The minimum absolute atomic E-state index is 0.131. The minimum Gasteiger partial charge on any atom is -0.466 e. The van der Waals surface area contributed by atoms with Crippen LogP contribution in [0.4, 0.5) is 5.69 Å². The summed E-state index contributed by atoms with van der Waals surface area (Å²) in [6.45, 7) is 5.41. The van der Waals surface area contributed by atoms with E-state index in [1.54, 1.807) is 6.92 Å². The summed E-state index contributed by atoms with van der Waals surface area (Å²) in [5.74, 6) is 1.20. The zero-order valence-electron chi connectivity index (χ0n) is 15.2. The molecule has 1 saturated heterocycles. The van der Waals surface area contributed by atoms with Crippen LogP contribution in [0.1, 0.15) is 49.7 Å². The van der Waals surface area contributed by atoms with E-state index in [2.05, 4.69) is 30.1 Å². The molecule has 1 amide bonds. The molecule has 134 valence electrons. The number of fused-ring (bicyclic) bond motifs is 2. The summed E-state index contributed by atoms with van der Waals surface area (Å²) >= 11 is 0. The Kier molecular flexibility index (Phi) is 4.07. The minimum atomic E-state index is -0.203. The molecule has 3 aliphatic rings. The van der Waals surface area contributed by atoms with E-state index >= 15 is 0 Å². The Morgan fingerprint density at radius 3 is 2.72 bits per heavy atom. The van der Waals surface area contributed by atoms with Crippen molar-refractivity contribution < 1.29 is 14.3 Å². The normalized spacial score (nSPS) is 30.6. The van der Waals surface area contributed by atoms with Crippen molar-refractivity contribution in [2.24, 2.45) is 5.92 Å². The Balaban J connectivity index is 1.66. The first-order valence-electron chi connectivity index (χ1n) is 9.20. The molecule has 0 radical (unpaired) electrons. The van der Waals surface area contributed by atoms with Crippen LogP contribution in [0, 0.1) is 5.92 Å². The van der Waals surface area contributed by atoms with Crippen LogP contribution < -0.4 is 4.90 Å². The largest absolute Gasteiger partial charge is 0.466 e. The number of amides is 1. The van der Waals surface area contributed by atoms with Gasteiger partial charge in [-0.15, -0.1) is 0 Å². The van der Waals surface area contributed by atoms with Gasteiger partial charge in [0.15, 0.2) is 0 Å². The summed E-state index contributed by atoms with van der Waals surface area (Å²) in [5, 5.41) is 0. The van der Waals surface area contributed by atoms with Gasteiger partial charge >= 0.3 is 5.97 Å². The standard InChI is InChI=1S/C20H26N2O3/c1-12(23)22-10-15-8-19-17(16-5-4-6-18(22)20(15)16)7-14(9-21(19)3)11-25-13(2)24/h4-6,14-15,17,19H,7-11H2,1-3H3/t14?,15?,17-,19-/m1/s1. The maximum atomic E-state index is 12.0. The monoisotopic (exact) mass is 342 g/mol. The van der Waals surface area contributed by atoms with Gasteiger partial charge in [0.2, 0.25) is 5.91 Å². The average Bonchev–Trinajstić information content (AvgIpc) is 2.94. The first kappa shape index (κ1) is 16.6. The summed E-state index contributed by atoms with van der Waals surface area (Å²) < 4.78 is 5.28. The van der Waals surface area contributed by atoms with Gasteiger partial charge in [-0.25, -0.2) is 0 Å². The van der Waals surface area contributed by atoms with Gasteiger partial charge in [-0.3, -0.25) is 9.59 Å². The van der Waals surface area contributed by atoms with Crippen LogP contribution in [0.2, 0.25) is 0 Å². The van der Waals surface area contributed by atoms with E-state index < -0.39 is 0 Å². The molecule has 2 heterocycles. The number of nitrogens with zero attached hydrogens (tertiary/aromatic N) is 2. The quantitative estimate of drug-likeness (QED) is 0.775. The smallest absolute Gasteiger partial charge is 0.302 e. The second kappa shape index (κ2) is 6.13. The molecular weight excluding hydrogens is 316 g/mol. The molecule has 2 aliphatic heterocycles. The zero-order valence-corrected chi connectivity index (χ0v) is 15.2. The van der Waals surface area contributed by atoms with Crippen molar-refractivity contribution in [2.75, 3.05) is 31.6 Å². The molecule has 0 saturated carbocycles. The predicted octanol–water partition coefficient (Wildman–Crippen LogP) is 2.51. The van der Waals surface area contributed by atoms with Gasteiger partial charge in [0.05, 0.1) is 6.61 Å². The van der Waals surface area contributed by atoms with Gasteiger partial charge in [-0.2, -0.15) is 0 Å². The summed E-state index contributed by atoms with van der Waals surface area (Å²) in [5.41, 5.74) is 3.90. The summed E-state index contributed by atoms with van der Waals surface area (Å²) in [6.07, 6.45) is 2.15. The van der Waals surface area contributed by atoms with Crippen molar-refractivity contribution in [2.45, 2.75) is 44.6 Å². The Bertz CT molecular complexity index is 717. The molecule has 2 unspecified atom stereocenters. The van der Waals surface area contributed by atoms with Crippen LogP contribution in [0.25, 0.3) is 0 Å². The fraction of sp³-hybridized carbons (Fsp3) is 0.600. The molecule has 5 nitrogen and oxygen atoms in total. The lowest BCUT2D eigenvalue weighted by atomic mass is 9.69. The van der Waals surface area contributed by atoms with E-state index in [-0.39, 0.29) is 11.9 Å². The summed E-state index contributed by atoms with van der Waals surface area (Å²) in [7, 11) is 2.18. The zero-order chi connectivity index (χ0) is 17.7. The first-order chi connectivity index (χ1) is 12.0. The molecule has 4 rings (SSSR count). The molecule has 0 N–H and O–H groups in total. The van der Waals surface area contributed by atoms with E-state index in [4.69, 9.17) is 4.74 Å². The predicted molar refractivity (Wildman–Crippen MR) is 95.7 cm³/mol. The molecule has 5 heteroatoms. The number of likely N-dealkylation sites (tertiary alicyclic amines) is 1. The van der Waals surface area contributed by atoms with Crippen LogP contribution in [-0.4, -0.2) is 49.6 Å². The molecule has 25 heavy (non-hydrogen) atoms. The van der Waals surface area contributed by atoms with Crippen LogP contribution in [-0.2, 0) is 14.3 Å². The molecular formula is C20H26N2O3. The fourth-order valence-electron chi connectivity index (χ4n) is 5.24. The number of esters is 1. The summed E-state index contributed by atoms with van der Waals surface area (Å²) in [4.78, 5) is 27.6. The molecule has 1 aliphatic carbocycles. The van der Waals surface area contributed by atoms with Crippen LogP contribution in [0.5, 0.6) is 0 Å². The Hall–Kier alpha value is -1.88. The lowest BCUT2D eigenvalue weighted by molar-refractivity contribution is -0.143. The van der Waals surface area contributed by atoms with Gasteiger partial charge in [-0.05, 0) is 37.1 Å². The maximum Gasteiger partial charge on any atom is 0.302 e. The number of anilines is 1. The molecule has 1 fully saturated rings. The highest BCUT2D eigenvalue weighted by Gasteiger charge is 2.46. The fourth-order valence-corrected chi connectivity index (χ4v) is 5.24. The number of likely N-dealkylation sites (N-methyl/N-ethyl adjacent to an activating group) is 1. The number of carbonyl (C=O) groups excluding carboxylic acids is 2. The lowest BCUT2D eigenvalue weighted by Crippen LogP contribution is -2.49. The Labute approximate surface area is 148 Å². The second-order valence-corrected chi connectivity index (χ2v) is 7.86. The van der Waals surface area contributed by atoms with Gasteiger partial charge in [0.25, 0.3) is 0 Å². The van der Waals surface area contributed by atoms with Crippen molar-refractivity contribution in [1.82, 2.24) is 4.90 Å². The van der Waals surface area contributed by atoms with Crippen LogP contribution in [0.15, 0.2) is 18.2 Å². The Morgan fingerprint density at radius 1 is 1.20 bits per heavy atom. The lowest BCUT2D eigenvalue weighted by Gasteiger charge is -2.47. The van der Waals surface area contributed by atoms with Crippen LogP contribution in [0.3, 0.4) is 0 Å². The highest BCUT2D eigenvalue weighted by Crippen LogP contribution is 2.52. The van der Waals surface area contributed by atoms with Crippen molar-refractivity contribution in [3.63, 3.8) is 0 Å². The molecule has 0 spiro atoms. The number of hydrogen-bond acceptors (Lipinski definition) is 4. The van der Waals surface area contributed by atoms with E-state index in [9.17, 15) is 9.59 Å². The van der Waals surface area contributed by atoms with Gasteiger partial charge in [0, 0.05) is 56.4 Å². The van der Waals surface area contributed by atoms with E-state index in [0.717, 1.165) is 31.6 Å². The van der Waals surface area contributed by atoms with Crippen LogP contribution >= 0.6 is 0 Å². The molecule has 4 atom stereocenters. The average molecular weight is 342 g/mol. The number of hydrogen-bond donors (Lipinski definition) is 0. The number of ether oxygens (including phenoxy) is 1. The van der Waals surface area contributed by atoms with Gasteiger partial charge in [-0.1, -0.05) is 12.1 Å². The molecule has 0 bridgehead atoms. The first-order valence-corrected chi connectivity index (χ1v) is 9.20. The van der Waals surface area contributed by atoms with Crippen molar-refractivity contribution in [3.8, 4) is 0 Å². The molecule has 1 aromatic rings. The SMILES string of the molecule is CC(=O)OCC1C[C@@H]2c3cccc4c3C(C[C@H]2N(C)C1)CN4C(C)=O. The maximum absolute atomic E-state index is 12.0. The third kappa shape index (κ3) is 2.74. The topological polar surface area (TPSA) is 49.9 Å². The van der Waals surface area contributed by atoms with E-state index in [1.807, 2.05) is 4.90 Å². The highest BCUT2D eigenvalue weighted by molar-refractivity contribution is 5.94. The second-order valence-electron chi connectivity index (χ2n) is 7.86. The van der Waals surface area contributed by atoms with E-state index in [1.165, 1.54) is 18.1 Å². The third-order valence-electron chi connectivity index (χ3n) is 6.21. The Morgan fingerprint density at radius 2 is 2.00 bits per heavy atom. The number of rotatable bonds is 2. The van der Waals surface area contributed by atoms with Crippen molar-refractivity contribution >= 4 is 17.6 Å². The van der Waals surface area contributed by atoms with Gasteiger partial charge in [0.1, 0.15) is 0 Å². The number of carbonyl (C=O) groups is 2. The highest BCUT2D eigenvalue weighted by atomic mass is 16.5. The van der Waals surface area contributed by atoms with E-state index in [0.29, 0.717) is 30.4 Å². The number of benzene rings is 1. The summed E-state index contributed by atoms with van der Waals surface area (Å²) in [6, 6.07) is 6.93. The van der Waals surface area contributed by atoms with Crippen molar-refractivity contribution in [1.29, 1.82) is 0 Å². The third-order valence-corrected chi connectivity index (χ3v) is 6.21. The van der Waals surface area contributed by atoms with Crippen molar-refractivity contribution in [3.05, 3.63) is 29.3 Å².